The van der Waals surface area contributed by atoms with Crippen LogP contribution in [0.2, 0.25) is 0 Å². The quantitative estimate of drug-likeness (QED) is 0.658. The average Bonchev–Trinajstić information content (AvgIpc) is 2.26. The van der Waals surface area contributed by atoms with Gasteiger partial charge in [-0.25, -0.2) is 8.42 Å². The molecule has 0 spiro atoms. The zero-order valence-electron chi connectivity index (χ0n) is 9.97. The van der Waals surface area contributed by atoms with Crippen LogP contribution in [0.25, 0.3) is 0 Å². The van der Waals surface area contributed by atoms with Crippen molar-refractivity contribution in [3.05, 3.63) is 33.9 Å². The third kappa shape index (κ3) is 4.15. The van der Waals surface area contributed by atoms with Crippen molar-refractivity contribution < 1.29 is 31.3 Å². The molecule has 1 rings (SSSR count). The van der Waals surface area contributed by atoms with Gasteiger partial charge in [-0.1, -0.05) is 11.0 Å². The molecule has 0 aliphatic rings. The number of nitrogens with zero attached hydrogens (tertiary/aromatic N) is 1. The van der Waals surface area contributed by atoms with E-state index >= 15 is 0 Å². The Labute approximate surface area is 111 Å². The summed E-state index contributed by atoms with van der Waals surface area (Å²) in [4.78, 5) is 14.4. The predicted molar refractivity (Wildman–Crippen MR) is 60.2 cm³/mol. The number of nitrogens with one attached hydrogen (secondary N) is 1. The molecule has 0 aromatic heterocycles. The van der Waals surface area contributed by atoms with Crippen molar-refractivity contribution >= 4 is 15.7 Å². The van der Waals surface area contributed by atoms with E-state index in [9.17, 15) is 31.7 Å². The summed E-state index contributed by atoms with van der Waals surface area (Å²) in [7, 11) is -4.45. The molecular formula is C9H9F3N2O5S. The lowest BCUT2D eigenvalue weighted by atomic mass is 10.2. The molecule has 0 radical (unpaired) electrons. The van der Waals surface area contributed by atoms with Gasteiger partial charge in [0.2, 0.25) is 0 Å². The lowest BCUT2D eigenvalue weighted by molar-refractivity contribution is -0.385. The molecule has 0 aliphatic carbocycles. The van der Waals surface area contributed by atoms with Crippen molar-refractivity contribution in [2.24, 2.45) is 0 Å². The highest BCUT2D eigenvalue weighted by molar-refractivity contribution is 7.89. The molecule has 11 heteroatoms. The van der Waals surface area contributed by atoms with Crippen LogP contribution in [0.15, 0.2) is 23.1 Å². The average molecular weight is 314 g/mol. The van der Waals surface area contributed by atoms with Gasteiger partial charge in [0.15, 0.2) is 6.61 Å². The molecule has 0 amide bonds. The summed E-state index contributed by atoms with van der Waals surface area (Å²) in [5, 5.41) is 10.7. The number of nitro groups is 1. The highest BCUT2D eigenvalue weighted by Crippen LogP contribution is 2.24. The Morgan fingerprint density at radius 3 is 2.50 bits per heavy atom. The number of rotatable bonds is 5. The van der Waals surface area contributed by atoms with Gasteiger partial charge < -0.3 is 0 Å². The molecule has 1 aromatic rings. The molecule has 112 valence electrons. The van der Waals surface area contributed by atoms with E-state index in [0.717, 1.165) is 25.1 Å². The molecule has 1 N–H and O–H groups in total. The fourth-order valence-electron chi connectivity index (χ4n) is 1.33. The molecule has 7 nitrogen and oxygen atoms in total. The van der Waals surface area contributed by atoms with E-state index < -0.39 is 38.3 Å². The van der Waals surface area contributed by atoms with E-state index in [0.29, 0.717) is 0 Å². The summed E-state index contributed by atoms with van der Waals surface area (Å²) in [6, 6.07) is 3.19. The first-order valence-electron chi connectivity index (χ1n) is 4.99. The van der Waals surface area contributed by atoms with E-state index in [1.165, 1.54) is 4.89 Å². The summed E-state index contributed by atoms with van der Waals surface area (Å²) in [6.07, 6.45) is -4.71. The zero-order chi connectivity index (χ0) is 15.6. The van der Waals surface area contributed by atoms with Crippen LogP contribution >= 0.6 is 0 Å². The van der Waals surface area contributed by atoms with E-state index in [-0.39, 0.29) is 5.56 Å². The molecule has 20 heavy (non-hydrogen) atoms. The standard InChI is InChI=1S/C9H9F3N2O5S/c1-6-7(14(15)16)3-2-4-8(6)20(17,18)13-19-5-9(10,11)12/h2-4,13H,5H2,1H3. The van der Waals surface area contributed by atoms with Crippen molar-refractivity contribution in [1.82, 2.24) is 4.89 Å². The van der Waals surface area contributed by atoms with E-state index in [2.05, 4.69) is 4.84 Å². The minimum atomic E-state index is -4.71. The Morgan fingerprint density at radius 1 is 1.40 bits per heavy atom. The van der Waals surface area contributed by atoms with Crippen LogP contribution in [0.1, 0.15) is 5.56 Å². The van der Waals surface area contributed by atoms with Gasteiger partial charge in [0.1, 0.15) is 0 Å². The number of sulfonamides is 1. The smallest absolute Gasteiger partial charge is 0.277 e. The fraction of sp³-hybridized carbons (Fsp3) is 0.333. The van der Waals surface area contributed by atoms with Gasteiger partial charge in [-0.15, -0.1) is 0 Å². The topological polar surface area (TPSA) is 98.5 Å². The number of nitro benzene ring substituents is 1. The summed E-state index contributed by atoms with van der Waals surface area (Å²) >= 11 is 0. The molecule has 0 unspecified atom stereocenters. The molecule has 0 bridgehead atoms. The number of alkyl halides is 3. The second kappa shape index (κ2) is 5.73. The SMILES string of the molecule is Cc1c([N+](=O)[O-])cccc1S(=O)(=O)NOCC(F)(F)F. The molecule has 0 saturated heterocycles. The number of hydrogen-bond acceptors (Lipinski definition) is 5. The van der Waals surface area contributed by atoms with Crippen molar-refractivity contribution in [2.75, 3.05) is 6.61 Å². The van der Waals surface area contributed by atoms with Crippen LogP contribution in [-0.2, 0) is 14.9 Å². The molecule has 1 aromatic carbocycles. The van der Waals surface area contributed by atoms with E-state index in [4.69, 9.17) is 0 Å². The summed E-state index contributed by atoms with van der Waals surface area (Å²) < 4.78 is 58.9. The minimum Gasteiger partial charge on any atom is -0.277 e. The first kappa shape index (κ1) is 16.3. The summed E-state index contributed by atoms with van der Waals surface area (Å²) in [5.74, 6) is 0. The lowest BCUT2D eigenvalue weighted by Gasteiger charge is -2.10. The van der Waals surface area contributed by atoms with Gasteiger partial charge in [0.05, 0.1) is 9.82 Å². The van der Waals surface area contributed by atoms with Crippen molar-refractivity contribution in [3.63, 3.8) is 0 Å². The van der Waals surface area contributed by atoms with Crippen LogP contribution in [0, 0.1) is 17.0 Å². The third-order valence-electron chi connectivity index (χ3n) is 2.15. The Bertz CT molecular complexity index is 614. The van der Waals surface area contributed by atoms with Crippen molar-refractivity contribution in [1.29, 1.82) is 0 Å². The van der Waals surface area contributed by atoms with Crippen LogP contribution in [0.3, 0.4) is 0 Å². The maximum Gasteiger partial charge on any atom is 0.413 e. The first-order chi connectivity index (χ1) is 9.04. The van der Waals surface area contributed by atoms with Gasteiger partial charge in [-0.2, -0.15) is 13.2 Å². The molecule has 0 saturated carbocycles. The Morgan fingerprint density at radius 2 is 2.00 bits per heavy atom. The highest BCUT2D eigenvalue weighted by Gasteiger charge is 2.30. The Hall–Kier alpha value is -1.72. The fourth-order valence-corrected chi connectivity index (χ4v) is 2.39. The van der Waals surface area contributed by atoms with Gasteiger partial charge in [-0.05, 0) is 13.0 Å². The second-order valence-electron chi connectivity index (χ2n) is 3.65. The Kier molecular flexibility index (Phi) is 4.68. The lowest BCUT2D eigenvalue weighted by Crippen LogP contribution is -2.30. The monoisotopic (exact) mass is 314 g/mol. The molecule has 0 heterocycles. The van der Waals surface area contributed by atoms with Crippen LogP contribution in [0.5, 0.6) is 0 Å². The van der Waals surface area contributed by atoms with Gasteiger partial charge in [-0.3, -0.25) is 15.0 Å². The van der Waals surface area contributed by atoms with Crippen LogP contribution in [0.4, 0.5) is 18.9 Å². The van der Waals surface area contributed by atoms with Crippen molar-refractivity contribution in [3.8, 4) is 0 Å². The van der Waals surface area contributed by atoms with Crippen LogP contribution in [-0.4, -0.2) is 26.1 Å². The largest absolute Gasteiger partial charge is 0.413 e. The molecular weight excluding hydrogens is 305 g/mol. The summed E-state index contributed by atoms with van der Waals surface area (Å²) in [6.45, 7) is -0.656. The van der Waals surface area contributed by atoms with Crippen LogP contribution < -0.4 is 4.89 Å². The van der Waals surface area contributed by atoms with Crippen molar-refractivity contribution in [2.45, 2.75) is 18.0 Å². The molecule has 0 aliphatic heterocycles. The third-order valence-corrected chi connectivity index (χ3v) is 3.50. The minimum absolute atomic E-state index is 0.208. The van der Waals surface area contributed by atoms with E-state index in [1.807, 2.05) is 0 Å². The second-order valence-corrected chi connectivity index (χ2v) is 5.26. The molecule has 0 atom stereocenters. The maximum atomic E-state index is 11.8. The van der Waals surface area contributed by atoms with Gasteiger partial charge >= 0.3 is 6.18 Å². The number of benzene rings is 1. The normalized spacial score (nSPS) is 12.4. The molecule has 0 fully saturated rings. The first-order valence-corrected chi connectivity index (χ1v) is 6.47. The number of hydrogen-bond donors (Lipinski definition) is 1. The van der Waals surface area contributed by atoms with Gasteiger partial charge in [0.25, 0.3) is 15.7 Å². The Balaban J connectivity index is 2.99. The number of halogens is 3. The predicted octanol–water partition coefficient (Wildman–Crippen LogP) is 1.68. The zero-order valence-corrected chi connectivity index (χ0v) is 10.8. The van der Waals surface area contributed by atoms with Gasteiger partial charge in [0, 0.05) is 11.6 Å². The van der Waals surface area contributed by atoms with E-state index in [1.54, 1.807) is 0 Å². The maximum absolute atomic E-state index is 11.8. The highest BCUT2D eigenvalue weighted by atomic mass is 32.2. The summed E-state index contributed by atoms with van der Waals surface area (Å²) in [5.41, 5.74) is -0.677.